The van der Waals surface area contributed by atoms with Crippen LogP contribution >= 0.6 is 15.9 Å². The number of halogens is 1. The topological polar surface area (TPSA) is 25.2 Å². The molecule has 0 saturated carbocycles. The van der Waals surface area contributed by atoms with Gasteiger partial charge in [0, 0.05) is 21.3 Å². The highest BCUT2D eigenvalue weighted by Crippen LogP contribution is 2.35. The highest BCUT2D eigenvalue weighted by molar-refractivity contribution is 9.10. The van der Waals surface area contributed by atoms with Crippen LogP contribution in [0.1, 0.15) is 18.5 Å². The van der Waals surface area contributed by atoms with Crippen LogP contribution in [0.25, 0.3) is 21.9 Å². The van der Waals surface area contributed by atoms with Crippen LogP contribution in [0.3, 0.4) is 0 Å². The third-order valence-electron chi connectivity index (χ3n) is 4.13. The van der Waals surface area contributed by atoms with E-state index in [1.54, 1.807) is 0 Å². The maximum absolute atomic E-state index is 6.09. The van der Waals surface area contributed by atoms with E-state index in [2.05, 4.69) is 76.7 Å². The number of furan rings is 1. The molecule has 0 saturated heterocycles. The molecule has 3 heteroatoms. The van der Waals surface area contributed by atoms with Crippen molar-refractivity contribution in [2.45, 2.75) is 13.0 Å². The van der Waals surface area contributed by atoms with Crippen LogP contribution in [0, 0.1) is 0 Å². The summed E-state index contributed by atoms with van der Waals surface area (Å²) in [6.45, 7) is 2.16. The average molecular weight is 366 g/mol. The van der Waals surface area contributed by atoms with E-state index in [0.29, 0.717) is 0 Å². The molecule has 1 unspecified atom stereocenters. The van der Waals surface area contributed by atoms with Gasteiger partial charge in [-0.1, -0.05) is 58.4 Å². The Morgan fingerprint density at radius 1 is 0.913 bits per heavy atom. The molecule has 2 nitrogen and oxygen atoms in total. The predicted octanol–water partition coefficient (Wildman–Crippen LogP) is 6.52. The van der Waals surface area contributed by atoms with Gasteiger partial charge in [-0.15, -0.1) is 0 Å². The summed E-state index contributed by atoms with van der Waals surface area (Å²) in [5.74, 6) is 0. The minimum atomic E-state index is 0.210. The van der Waals surface area contributed by atoms with E-state index in [0.717, 1.165) is 32.1 Å². The molecule has 0 bridgehead atoms. The van der Waals surface area contributed by atoms with Crippen LogP contribution in [-0.4, -0.2) is 0 Å². The monoisotopic (exact) mass is 365 g/mol. The highest BCUT2D eigenvalue weighted by atomic mass is 79.9. The highest BCUT2D eigenvalue weighted by Gasteiger charge is 2.13. The van der Waals surface area contributed by atoms with E-state index in [1.807, 2.05) is 18.2 Å². The van der Waals surface area contributed by atoms with E-state index in [9.17, 15) is 0 Å². The minimum Gasteiger partial charge on any atom is -0.454 e. The van der Waals surface area contributed by atoms with Crippen molar-refractivity contribution in [3.63, 3.8) is 0 Å². The van der Waals surface area contributed by atoms with Gasteiger partial charge >= 0.3 is 0 Å². The lowest BCUT2D eigenvalue weighted by Gasteiger charge is -2.15. The molecule has 1 aromatic heterocycles. The smallest absolute Gasteiger partial charge is 0.158 e. The molecule has 0 aliphatic rings. The zero-order chi connectivity index (χ0) is 15.8. The van der Waals surface area contributed by atoms with Crippen LogP contribution in [0.4, 0.5) is 5.69 Å². The number of para-hydroxylation sites is 1. The van der Waals surface area contributed by atoms with Gasteiger partial charge in [0.2, 0.25) is 0 Å². The zero-order valence-electron chi connectivity index (χ0n) is 12.7. The number of hydrogen-bond donors (Lipinski definition) is 1. The maximum atomic E-state index is 6.09. The number of fused-ring (bicyclic) bond motifs is 3. The zero-order valence-corrected chi connectivity index (χ0v) is 14.3. The van der Waals surface area contributed by atoms with Crippen molar-refractivity contribution in [3.8, 4) is 0 Å². The summed E-state index contributed by atoms with van der Waals surface area (Å²) >= 11 is 3.53. The predicted molar refractivity (Wildman–Crippen MR) is 99.9 cm³/mol. The molecule has 0 aliphatic heterocycles. The van der Waals surface area contributed by atoms with Gasteiger partial charge in [0.1, 0.15) is 5.58 Å². The molecule has 0 amide bonds. The quantitative estimate of drug-likeness (QED) is 0.446. The van der Waals surface area contributed by atoms with Crippen molar-refractivity contribution in [2.75, 3.05) is 5.32 Å². The third-order valence-corrected chi connectivity index (χ3v) is 4.62. The van der Waals surface area contributed by atoms with Gasteiger partial charge in [-0.3, -0.25) is 0 Å². The first-order valence-corrected chi connectivity index (χ1v) is 8.44. The molecular weight excluding hydrogens is 350 g/mol. The molecule has 1 N–H and O–H groups in total. The van der Waals surface area contributed by atoms with E-state index in [4.69, 9.17) is 4.42 Å². The summed E-state index contributed by atoms with van der Waals surface area (Å²) in [6, 6.07) is 23.0. The Kier molecular flexibility index (Phi) is 3.58. The van der Waals surface area contributed by atoms with Gasteiger partial charge < -0.3 is 9.73 Å². The number of nitrogens with one attached hydrogen (secondary N) is 1. The van der Waals surface area contributed by atoms with E-state index in [1.165, 1.54) is 5.56 Å². The fourth-order valence-electron chi connectivity index (χ4n) is 2.94. The lowest BCUT2D eigenvalue weighted by molar-refractivity contribution is 0.668. The van der Waals surface area contributed by atoms with Gasteiger partial charge in [-0.25, -0.2) is 0 Å². The van der Waals surface area contributed by atoms with Crippen molar-refractivity contribution in [1.29, 1.82) is 0 Å². The van der Waals surface area contributed by atoms with Crippen molar-refractivity contribution in [2.24, 2.45) is 0 Å². The van der Waals surface area contributed by atoms with Gasteiger partial charge in [-0.2, -0.15) is 0 Å². The van der Waals surface area contributed by atoms with Crippen LogP contribution in [0.5, 0.6) is 0 Å². The third kappa shape index (κ3) is 2.62. The summed E-state index contributed by atoms with van der Waals surface area (Å²) in [4.78, 5) is 0. The minimum absolute atomic E-state index is 0.210. The largest absolute Gasteiger partial charge is 0.454 e. The van der Waals surface area contributed by atoms with Gasteiger partial charge in [0.05, 0.1) is 5.69 Å². The summed E-state index contributed by atoms with van der Waals surface area (Å²) in [6.07, 6.45) is 0. The number of anilines is 1. The molecule has 3 aromatic carbocycles. The molecule has 0 aliphatic carbocycles. The molecule has 23 heavy (non-hydrogen) atoms. The van der Waals surface area contributed by atoms with E-state index >= 15 is 0 Å². The molecule has 0 radical (unpaired) electrons. The fourth-order valence-corrected chi connectivity index (χ4v) is 3.30. The lowest BCUT2D eigenvalue weighted by atomic mass is 10.1. The second-order valence-corrected chi connectivity index (χ2v) is 6.62. The molecule has 114 valence electrons. The van der Waals surface area contributed by atoms with Gasteiger partial charge in [-0.05, 0) is 36.8 Å². The van der Waals surface area contributed by atoms with Crippen molar-refractivity contribution in [1.82, 2.24) is 0 Å². The number of hydrogen-bond acceptors (Lipinski definition) is 2. The van der Waals surface area contributed by atoms with Crippen LogP contribution < -0.4 is 5.32 Å². The Balaban J connectivity index is 1.80. The molecule has 4 aromatic rings. The Bertz CT molecular complexity index is 975. The normalized spacial score (nSPS) is 12.6. The maximum Gasteiger partial charge on any atom is 0.158 e. The van der Waals surface area contributed by atoms with E-state index in [-0.39, 0.29) is 6.04 Å². The Labute approximate surface area is 143 Å². The summed E-state index contributed by atoms with van der Waals surface area (Å²) < 4.78 is 7.15. The molecule has 0 spiro atoms. The summed E-state index contributed by atoms with van der Waals surface area (Å²) in [5, 5.41) is 5.83. The van der Waals surface area contributed by atoms with Gasteiger partial charge in [0.25, 0.3) is 0 Å². The first kappa shape index (κ1) is 14.3. The lowest BCUT2D eigenvalue weighted by Crippen LogP contribution is -2.06. The van der Waals surface area contributed by atoms with Crippen LogP contribution in [-0.2, 0) is 0 Å². The fraction of sp³-hybridized carbons (Fsp3) is 0.100. The number of rotatable bonds is 3. The molecule has 1 heterocycles. The Morgan fingerprint density at radius 3 is 2.57 bits per heavy atom. The van der Waals surface area contributed by atoms with Crippen molar-refractivity contribution >= 4 is 43.6 Å². The summed E-state index contributed by atoms with van der Waals surface area (Å²) in [5.41, 5.74) is 4.09. The second kappa shape index (κ2) is 5.74. The second-order valence-electron chi connectivity index (χ2n) is 5.70. The van der Waals surface area contributed by atoms with E-state index < -0.39 is 0 Å². The van der Waals surface area contributed by atoms with Crippen LogP contribution in [0.15, 0.2) is 75.6 Å². The standard InChI is InChI=1S/C20H16BrNO/c1-13(14-6-3-2-4-7-14)22-18-9-5-8-16-17-12-15(21)10-11-19(17)23-20(16)18/h2-13,22H,1H3. The first-order valence-electron chi connectivity index (χ1n) is 7.64. The van der Waals surface area contributed by atoms with Crippen LogP contribution in [0.2, 0.25) is 0 Å². The summed E-state index contributed by atoms with van der Waals surface area (Å²) in [7, 11) is 0. The SMILES string of the molecule is CC(Nc1cccc2c1oc1ccc(Br)cc12)c1ccccc1. The van der Waals surface area contributed by atoms with Crippen molar-refractivity contribution in [3.05, 3.63) is 76.8 Å². The molecule has 1 atom stereocenters. The Hall–Kier alpha value is -2.26. The Morgan fingerprint density at radius 2 is 1.74 bits per heavy atom. The molecule has 4 rings (SSSR count). The van der Waals surface area contributed by atoms with Gasteiger partial charge in [0.15, 0.2) is 5.58 Å². The first-order chi connectivity index (χ1) is 11.2. The van der Waals surface area contributed by atoms with Crippen molar-refractivity contribution < 1.29 is 4.42 Å². The average Bonchev–Trinajstić information content (AvgIpc) is 2.95. The molecule has 0 fully saturated rings. The molecular formula is C20H16BrNO. The number of benzene rings is 3.